The molecule has 0 unspecified atom stereocenters. The number of hydrogen-bond acceptors (Lipinski definition) is 5. The quantitative estimate of drug-likeness (QED) is 0.269. The van der Waals surface area contributed by atoms with Crippen molar-refractivity contribution < 1.29 is 23.9 Å². The Bertz CT molecular complexity index is 970. The van der Waals surface area contributed by atoms with Crippen LogP contribution >= 0.6 is 0 Å². The maximum Gasteiger partial charge on any atom is 0.258 e. The SMILES string of the molecule is CCCCCCCCOc1ccc(Cc2cc(C=O)ccc2OCC(=O)NC(C)(C)C(N)=O)cc1. The van der Waals surface area contributed by atoms with Gasteiger partial charge in [0.05, 0.1) is 6.61 Å². The summed E-state index contributed by atoms with van der Waals surface area (Å²) in [6.07, 6.45) is 8.62. The fourth-order valence-corrected chi connectivity index (χ4v) is 3.54. The van der Waals surface area contributed by atoms with Gasteiger partial charge in [0.2, 0.25) is 5.91 Å². The van der Waals surface area contributed by atoms with Crippen molar-refractivity contribution in [3.8, 4) is 11.5 Å². The number of nitrogens with one attached hydrogen (secondary N) is 1. The average Bonchev–Trinajstić information content (AvgIpc) is 2.83. The van der Waals surface area contributed by atoms with Gasteiger partial charge in [-0.2, -0.15) is 0 Å². The average molecular weight is 483 g/mol. The van der Waals surface area contributed by atoms with Crippen molar-refractivity contribution in [3.05, 3.63) is 59.2 Å². The Morgan fingerprint density at radius 1 is 0.971 bits per heavy atom. The van der Waals surface area contributed by atoms with Crippen LogP contribution in [-0.2, 0) is 16.0 Å². The minimum absolute atomic E-state index is 0.282. The third kappa shape index (κ3) is 9.81. The number of ether oxygens (including phenoxy) is 2. The molecule has 7 heteroatoms. The molecular weight excluding hydrogens is 444 g/mol. The van der Waals surface area contributed by atoms with Crippen molar-refractivity contribution >= 4 is 18.1 Å². The van der Waals surface area contributed by atoms with Gasteiger partial charge < -0.3 is 20.5 Å². The van der Waals surface area contributed by atoms with E-state index < -0.39 is 17.4 Å². The molecule has 3 N–H and O–H groups in total. The summed E-state index contributed by atoms with van der Waals surface area (Å²) in [7, 11) is 0. The summed E-state index contributed by atoms with van der Waals surface area (Å²) in [6, 6.07) is 12.9. The lowest BCUT2D eigenvalue weighted by atomic mass is 10.0. The summed E-state index contributed by atoms with van der Waals surface area (Å²) in [5.41, 5.74) is 6.43. The van der Waals surface area contributed by atoms with Gasteiger partial charge in [-0.1, -0.05) is 51.2 Å². The molecule has 0 spiro atoms. The van der Waals surface area contributed by atoms with Crippen molar-refractivity contribution in [3.63, 3.8) is 0 Å². The Morgan fingerprint density at radius 2 is 1.66 bits per heavy atom. The van der Waals surface area contributed by atoms with Crippen LogP contribution in [0.3, 0.4) is 0 Å². The fourth-order valence-electron chi connectivity index (χ4n) is 3.54. The van der Waals surface area contributed by atoms with E-state index in [0.717, 1.165) is 29.6 Å². The van der Waals surface area contributed by atoms with Crippen LogP contribution in [0.25, 0.3) is 0 Å². The lowest BCUT2D eigenvalue weighted by Crippen LogP contribution is -2.54. The molecule has 0 aliphatic carbocycles. The first-order valence-corrected chi connectivity index (χ1v) is 12.3. The normalized spacial score (nSPS) is 11.1. The minimum atomic E-state index is -1.18. The number of primary amides is 1. The topological polar surface area (TPSA) is 108 Å². The standard InChI is InChI=1S/C28H38N2O5/c1-4-5-6-7-8-9-16-34-24-13-10-21(11-14-24)17-23-18-22(19-31)12-15-25(23)35-20-26(32)30-28(2,3)27(29)33/h10-15,18-19H,4-9,16-17,20H2,1-3H3,(H2,29,33)(H,30,32). The fraction of sp³-hybridized carbons (Fsp3) is 0.464. The molecule has 35 heavy (non-hydrogen) atoms. The number of hydrogen-bond donors (Lipinski definition) is 2. The highest BCUT2D eigenvalue weighted by atomic mass is 16.5. The van der Waals surface area contributed by atoms with Crippen LogP contribution < -0.4 is 20.5 Å². The van der Waals surface area contributed by atoms with E-state index in [0.29, 0.717) is 24.3 Å². The number of nitrogens with two attached hydrogens (primary N) is 1. The second-order valence-electron chi connectivity index (χ2n) is 9.25. The third-order valence-electron chi connectivity index (χ3n) is 5.73. The Hall–Kier alpha value is -3.35. The number of amides is 2. The van der Waals surface area contributed by atoms with Gasteiger partial charge in [0.1, 0.15) is 23.3 Å². The maximum absolute atomic E-state index is 12.2. The van der Waals surface area contributed by atoms with Crippen LogP contribution in [0.15, 0.2) is 42.5 Å². The smallest absolute Gasteiger partial charge is 0.258 e. The third-order valence-corrected chi connectivity index (χ3v) is 5.73. The molecule has 190 valence electrons. The summed E-state index contributed by atoms with van der Waals surface area (Å²) in [6.45, 7) is 5.69. The predicted molar refractivity (Wildman–Crippen MR) is 137 cm³/mol. The first-order chi connectivity index (χ1) is 16.7. The van der Waals surface area contributed by atoms with Crippen molar-refractivity contribution in [2.45, 2.75) is 71.3 Å². The van der Waals surface area contributed by atoms with E-state index in [1.165, 1.54) is 46.0 Å². The van der Waals surface area contributed by atoms with Gasteiger partial charge in [0.15, 0.2) is 6.61 Å². The molecular formula is C28H38N2O5. The number of rotatable bonds is 16. The molecule has 0 saturated heterocycles. The summed E-state index contributed by atoms with van der Waals surface area (Å²) in [5, 5.41) is 2.55. The van der Waals surface area contributed by atoms with E-state index >= 15 is 0 Å². The van der Waals surface area contributed by atoms with Crippen molar-refractivity contribution in [1.29, 1.82) is 0 Å². The van der Waals surface area contributed by atoms with Crippen LogP contribution in [-0.4, -0.2) is 36.9 Å². The van der Waals surface area contributed by atoms with Crippen molar-refractivity contribution in [2.24, 2.45) is 5.73 Å². The van der Waals surface area contributed by atoms with Gasteiger partial charge >= 0.3 is 0 Å². The number of unbranched alkanes of at least 4 members (excludes halogenated alkanes) is 5. The van der Waals surface area contributed by atoms with E-state index in [1.807, 2.05) is 24.3 Å². The van der Waals surface area contributed by atoms with Crippen LogP contribution in [0.1, 0.15) is 80.8 Å². The molecule has 2 aromatic rings. The lowest BCUT2D eigenvalue weighted by molar-refractivity contribution is -0.131. The molecule has 2 amide bonds. The zero-order chi connectivity index (χ0) is 25.7. The summed E-state index contributed by atoms with van der Waals surface area (Å²) in [4.78, 5) is 34.9. The van der Waals surface area contributed by atoms with Crippen LogP contribution in [0.2, 0.25) is 0 Å². The largest absolute Gasteiger partial charge is 0.494 e. The molecule has 0 heterocycles. The van der Waals surface area contributed by atoms with Crippen LogP contribution in [0.4, 0.5) is 0 Å². The molecule has 7 nitrogen and oxygen atoms in total. The van der Waals surface area contributed by atoms with E-state index in [1.54, 1.807) is 18.2 Å². The summed E-state index contributed by atoms with van der Waals surface area (Å²) < 4.78 is 11.6. The Balaban J connectivity index is 1.94. The number of carbonyl (C=O) groups excluding carboxylic acids is 3. The van der Waals surface area contributed by atoms with Gasteiger partial charge in [-0.05, 0) is 61.7 Å². The van der Waals surface area contributed by atoms with E-state index in [2.05, 4.69) is 12.2 Å². The molecule has 0 aliphatic heterocycles. The van der Waals surface area contributed by atoms with Crippen LogP contribution in [0.5, 0.6) is 11.5 Å². The Labute approximate surface area is 208 Å². The highest BCUT2D eigenvalue weighted by molar-refractivity contribution is 5.90. The molecule has 0 aliphatic rings. The molecule has 0 saturated carbocycles. The van der Waals surface area contributed by atoms with Crippen molar-refractivity contribution in [1.82, 2.24) is 5.32 Å². The maximum atomic E-state index is 12.2. The van der Waals surface area contributed by atoms with Gasteiger partial charge in [0, 0.05) is 12.0 Å². The predicted octanol–water partition coefficient (Wildman–Crippen LogP) is 4.59. The second-order valence-corrected chi connectivity index (χ2v) is 9.25. The van der Waals surface area contributed by atoms with Crippen molar-refractivity contribution in [2.75, 3.05) is 13.2 Å². The molecule has 2 aromatic carbocycles. The second kappa shape index (κ2) is 14.1. The monoisotopic (exact) mass is 482 g/mol. The highest BCUT2D eigenvalue weighted by Crippen LogP contribution is 2.24. The summed E-state index contributed by atoms with van der Waals surface area (Å²) >= 11 is 0. The van der Waals surface area contributed by atoms with E-state index in [-0.39, 0.29) is 6.61 Å². The lowest BCUT2D eigenvalue weighted by Gasteiger charge is -2.22. The Kier molecular flexibility index (Phi) is 11.3. The Morgan fingerprint density at radius 3 is 2.31 bits per heavy atom. The molecule has 0 radical (unpaired) electrons. The molecule has 0 bridgehead atoms. The number of aldehydes is 1. The van der Waals surface area contributed by atoms with Gasteiger partial charge in [-0.15, -0.1) is 0 Å². The highest BCUT2D eigenvalue weighted by Gasteiger charge is 2.27. The number of benzene rings is 2. The summed E-state index contributed by atoms with van der Waals surface area (Å²) in [5.74, 6) is 0.215. The zero-order valence-electron chi connectivity index (χ0n) is 21.1. The first-order valence-electron chi connectivity index (χ1n) is 12.3. The molecule has 0 fully saturated rings. The minimum Gasteiger partial charge on any atom is -0.494 e. The first kappa shape index (κ1) is 27.9. The van der Waals surface area contributed by atoms with Gasteiger partial charge in [-0.25, -0.2) is 0 Å². The van der Waals surface area contributed by atoms with E-state index in [4.69, 9.17) is 15.2 Å². The molecule has 0 aromatic heterocycles. The number of carbonyl (C=O) groups is 3. The zero-order valence-corrected chi connectivity index (χ0v) is 21.1. The molecule has 0 atom stereocenters. The van der Waals surface area contributed by atoms with Crippen LogP contribution in [0, 0.1) is 0 Å². The van der Waals surface area contributed by atoms with E-state index in [9.17, 15) is 14.4 Å². The molecule has 2 rings (SSSR count). The van der Waals surface area contributed by atoms with Gasteiger partial charge in [-0.3, -0.25) is 14.4 Å². The van der Waals surface area contributed by atoms with Gasteiger partial charge in [0.25, 0.3) is 5.91 Å².